The molecule has 0 saturated carbocycles. The van der Waals surface area contributed by atoms with Gasteiger partial charge in [-0.25, -0.2) is 13.2 Å². The average Bonchev–Trinajstić information content (AvgIpc) is 2.76. The van der Waals surface area contributed by atoms with Crippen LogP contribution in [0.3, 0.4) is 0 Å². The Morgan fingerprint density at radius 3 is 2.80 bits per heavy atom. The molecule has 0 spiro atoms. The first-order valence-corrected chi connectivity index (χ1v) is 7.90. The van der Waals surface area contributed by atoms with Gasteiger partial charge in [0.2, 0.25) is 5.76 Å². The maximum Gasteiger partial charge on any atom is 0.377 e. The molecule has 8 nitrogen and oxygen atoms in total. The predicted octanol–water partition coefficient (Wildman–Crippen LogP) is -1.28. The number of carbonyl (C=O) groups is 2. The van der Waals surface area contributed by atoms with Gasteiger partial charge in [0, 0.05) is 6.04 Å². The molecule has 2 heterocycles. The zero-order chi connectivity index (χ0) is 14.6. The van der Waals surface area contributed by atoms with Crippen molar-refractivity contribution in [3.05, 3.63) is 12.0 Å². The first-order chi connectivity index (χ1) is 9.46. The number of esters is 1. The third-order valence-electron chi connectivity index (χ3n) is 2.78. The number of hydrogen-bond acceptors (Lipinski definition) is 7. The van der Waals surface area contributed by atoms with Crippen molar-refractivity contribution < 1.29 is 32.2 Å². The molecule has 112 valence electrons. The van der Waals surface area contributed by atoms with Crippen molar-refractivity contribution in [2.45, 2.75) is 12.5 Å². The smallest absolute Gasteiger partial charge is 0.377 e. The van der Waals surface area contributed by atoms with Crippen molar-refractivity contribution in [3.63, 3.8) is 0 Å². The normalized spacial score (nSPS) is 24.0. The average molecular weight is 305 g/mol. The van der Waals surface area contributed by atoms with Crippen molar-refractivity contribution in [1.82, 2.24) is 5.32 Å². The maximum atomic E-state index is 11.5. The van der Waals surface area contributed by atoms with Gasteiger partial charge in [-0.15, -0.1) is 0 Å². The van der Waals surface area contributed by atoms with Crippen LogP contribution < -0.4 is 5.32 Å². The quantitative estimate of drug-likeness (QED) is 0.644. The Bertz CT molecular complexity index is 525. The molecule has 1 fully saturated rings. The van der Waals surface area contributed by atoms with Gasteiger partial charge in [-0.3, -0.25) is 4.79 Å². The number of carbonyl (C=O) groups excluding carboxylic acids is 2. The highest BCUT2D eigenvalue weighted by molar-refractivity contribution is 7.91. The molecule has 0 aliphatic carbocycles. The lowest BCUT2D eigenvalue weighted by Crippen LogP contribution is -2.38. The fourth-order valence-corrected chi connectivity index (χ4v) is 3.53. The van der Waals surface area contributed by atoms with Gasteiger partial charge in [0.1, 0.15) is 19.5 Å². The van der Waals surface area contributed by atoms with E-state index in [0.29, 0.717) is 13.0 Å². The van der Waals surface area contributed by atoms with Crippen LogP contribution >= 0.6 is 0 Å². The topological polar surface area (TPSA) is 108 Å². The fourth-order valence-electron chi connectivity index (χ4n) is 1.86. The molecule has 2 rings (SSSR count). The lowest BCUT2D eigenvalue weighted by atomic mass is 10.2. The van der Waals surface area contributed by atoms with Crippen LogP contribution in [-0.2, 0) is 33.6 Å². The number of nitrogens with one attached hydrogen (secondary N) is 1. The Morgan fingerprint density at radius 2 is 2.20 bits per heavy atom. The van der Waals surface area contributed by atoms with E-state index in [-0.39, 0.29) is 23.9 Å². The summed E-state index contributed by atoms with van der Waals surface area (Å²) in [7, 11) is -3.06. The minimum atomic E-state index is -3.06. The van der Waals surface area contributed by atoms with Gasteiger partial charge in [-0.1, -0.05) is 0 Å². The number of hydrogen-bond donors (Lipinski definition) is 1. The molecule has 1 atom stereocenters. The molecule has 0 aromatic carbocycles. The minimum Gasteiger partial charge on any atom is -0.493 e. The monoisotopic (exact) mass is 305 g/mol. The fraction of sp³-hybridized carbons (Fsp3) is 0.636. The summed E-state index contributed by atoms with van der Waals surface area (Å²) in [6.45, 7) is 0.108. The van der Waals surface area contributed by atoms with Gasteiger partial charge in [0.25, 0.3) is 5.91 Å². The van der Waals surface area contributed by atoms with E-state index in [1.165, 1.54) is 0 Å². The van der Waals surface area contributed by atoms with E-state index in [2.05, 4.69) is 5.32 Å². The van der Waals surface area contributed by atoms with Gasteiger partial charge in [-0.05, 0) is 6.42 Å². The zero-order valence-electron chi connectivity index (χ0n) is 10.7. The molecule has 0 aromatic heterocycles. The van der Waals surface area contributed by atoms with Crippen LogP contribution in [0.4, 0.5) is 0 Å². The van der Waals surface area contributed by atoms with Gasteiger partial charge < -0.3 is 19.5 Å². The summed E-state index contributed by atoms with van der Waals surface area (Å²) < 4.78 is 37.0. The Kier molecular flexibility index (Phi) is 4.48. The third kappa shape index (κ3) is 4.12. The van der Waals surface area contributed by atoms with E-state index in [9.17, 15) is 18.0 Å². The summed E-state index contributed by atoms with van der Waals surface area (Å²) in [5.41, 5.74) is 0. The largest absolute Gasteiger partial charge is 0.493 e. The Morgan fingerprint density at radius 1 is 1.40 bits per heavy atom. The number of ether oxygens (including phenoxy) is 3. The van der Waals surface area contributed by atoms with Crippen LogP contribution in [0.1, 0.15) is 6.42 Å². The van der Waals surface area contributed by atoms with Crippen LogP contribution in [0.5, 0.6) is 0 Å². The molecule has 0 bridgehead atoms. The highest BCUT2D eigenvalue weighted by Crippen LogP contribution is 2.11. The van der Waals surface area contributed by atoms with E-state index >= 15 is 0 Å². The molecule has 1 amide bonds. The Labute approximate surface area is 116 Å². The third-order valence-corrected chi connectivity index (χ3v) is 4.55. The lowest BCUT2D eigenvalue weighted by Gasteiger charge is -2.15. The summed E-state index contributed by atoms with van der Waals surface area (Å²) in [6.07, 6.45) is 1.51. The van der Waals surface area contributed by atoms with E-state index in [1.807, 2.05) is 0 Å². The highest BCUT2D eigenvalue weighted by atomic mass is 32.2. The van der Waals surface area contributed by atoms with Crippen molar-refractivity contribution >= 4 is 21.7 Å². The standard InChI is InChI=1S/C11H15NO7S/c13-10(12-8-1-4-20(15,16)7-8)6-19-11(14)9-5-17-2-3-18-9/h5,8H,1-4,6-7H2,(H,12,13)/t8-/m1/s1. The highest BCUT2D eigenvalue weighted by Gasteiger charge is 2.29. The van der Waals surface area contributed by atoms with Crippen LogP contribution in [-0.4, -0.2) is 57.7 Å². The minimum absolute atomic E-state index is 0.0653. The number of sulfone groups is 1. The molecule has 1 saturated heterocycles. The molecular formula is C11H15NO7S. The molecule has 9 heteroatoms. The van der Waals surface area contributed by atoms with Gasteiger partial charge >= 0.3 is 5.97 Å². The first kappa shape index (κ1) is 14.6. The van der Waals surface area contributed by atoms with Crippen LogP contribution in [0.15, 0.2) is 12.0 Å². The van der Waals surface area contributed by atoms with E-state index in [4.69, 9.17) is 14.2 Å². The van der Waals surface area contributed by atoms with Crippen molar-refractivity contribution in [2.24, 2.45) is 0 Å². The molecule has 1 N–H and O–H groups in total. The van der Waals surface area contributed by atoms with Crippen LogP contribution in [0.25, 0.3) is 0 Å². The van der Waals surface area contributed by atoms with Gasteiger partial charge in [0.15, 0.2) is 16.4 Å². The second-order valence-corrected chi connectivity index (χ2v) is 6.67. The Hall–Kier alpha value is -1.77. The summed E-state index contributed by atoms with van der Waals surface area (Å²) in [4.78, 5) is 23.0. The summed E-state index contributed by atoms with van der Waals surface area (Å²) in [6, 6.07) is -0.417. The van der Waals surface area contributed by atoms with Crippen molar-refractivity contribution in [2.75, 3.05) is 31.3 Å². The zero-order valence-corrected chi connectivity index (χ0v) is 11.5. The first-order valence-electron chi connectivity index (χ1n) is 6.08. The van der Waals surface area contributed by atoms with Gasteiger partial charge in [-0.2, -0.15) is 0 Å². The molecule has 0 unspecified atom stereocenters. The lowest BCUT2D eigenvalue weighted by molar-refractivity contribution is -0.149. The molecular weight excluding hydrogens is 290 g/mol. The second kappa shape index (κ2) is 6.12. The molecule has 0 radical (unpaired) electrons. The molecule has 2 aliphatic heterocycles. The van der Waals surface area contributed by atoms with Gasteiger partial charge in [0.05, 0.1) is 11.5 Å². The number of amides is 1. The van der Waals surface area contributed by atoms with Crippen LogP contribution in [0.2, 0.25) is 0 Å². The SMILES string of the molecule is O=C(COC(=O)C1=COCCO1)N[C@@H]1CCS(=O)(=O)C1. The molecule has 20 heavy (non-hydrogen) atoms. The number of rotatable bonds is 4. The molecule has 2 aliphatic rings. The molecule has 0 aromatic rings. The Balaban J connectivity index is 1.72. The van der Waals surface area contributed by atoms with E-state index < -0.39 is 34.4 Å². The summed E-state index contributed by atoms with van der Waals surface area (Å²) in [5.74, 6) is -1.44. The summed E-state index contributed by atoms with van der Waals surface area (Å²) >= 11 is 0. The van der Waals surface area contributed by atoms with Crippen LogP contribution in [0, 0.1) is 0 Å². The van der Waals surface area contributed by atoms with E-state index in [1.54, 1.807) is 0 Å². The predicted molar refractivity (Wildman–Crippen MR) is 66.1 cm³/mol. The van der Waals surface area contributed by atoms with Crippen molar-refractivity contribution in [3.8, 4) is 0 Å². The van der Waals surface area contributed by atoms with Crippen molar-refractivity contribution in [1.29, 1.82) is 0 Å². The maximum absolute atomic E-state index is 11.5. The second-order valence-electron chi connectivity index (χ2n) is 4.44. The summed E-state index contributed by atoms with van der Waals surface area (Å²) in [5, 5.41) is 2.51. The van der Waals surface area contributed by atoms with E-state index in [0.717, 1.165) is 6.26 Å².